The van der Waals surface area contributed by atoms with Crippen molar-refractivity contribution in [1.82, 2.24) is 4.98 Å². The first-order chi connectivity index (χ1) is 8.20. The van der Waals surface area contributed by atoms with Crippen LogP contribution in [0, 0.1) is 5.92 Å². The Balaban J connectivity index is 2.16. The number of carbonyl (C=O) groups excluding carboxylic acids is 1. The van der Waals surface area contributed by atoms with Gasteiger partial charge in [-0.3, -0.25) is 4.79 Å². The summed E-state index contributed by atoms with van der Waals surface area (Å²) in [5.74, 6) is 0.849. The Hall–Kier alpha value is -1.62. The zero-order chi connectivity index (χ0) is 12.3. The predicted octanol–water partition coefficient (Wildman–Crippen LogP) is 0.356. The normalized spacial score (nSPS) is 20.3. The Kier molecular flexibility index (Phi) is 3.58. The van der Waals surface area contributed by atoms with Crippen molar-refractivity contribution in [2.75, 3.05) is 24.5 Å². The third-order valence-corrected chi connectivity index (χ3v) is 3.16. The van der Waals surface area contributed by atoms with Gasteiger partial charge >= 0.3 is 0 Å². The van der Waals surface area contributed by atoms with Gasteiger partial charge in [0.05, 0.1) is 0 Å². The standard InChI is InChI=1S/C12H18N4O/c13-7-9-3-2-6-16(8-9)11-5-1-4-10(15-11)12(14)17/h1,4-5,9H,2-3,6-8,13H2,(H2,14,17). The van der Waals surface area contributed by atoms with Gasteiger partial charge < -0.3 is 16.4 Å². The van der Waals surface area contributed by atoms with E-state index in [0.29, 0.717) is 18.2 Å². The Morgan fingerprint density at radius 3 is 3.06 bits per heavy atom. The van der Waals surface area contributed by atoms with Crippen LogP contribution in [0.2, 0.25) is 0 Å². The van der Waals surface area contributed by atoms with E-state index in [1.54, 1.807) is 6.07 Å². The average molecular weight is 234 g/mol. The molecule has 0 aliphatic carbocycles. The van der Waals surface area contributed by atoms with Crippen LogP contribution in [-0.2, 0) is 0 Å². The molecule has 1 amide bonds. The minimum atomic E-state index is -0.487. The van der Waals surface area contributed by atoms with E-state index in [2.05, 4.69) is 9.88 Å². The van der Waals surface area contributed by atoms with Gasteiger partial charge in [0, 0.05) is 13.1 Å². The fraction of sp³-hybridized carbons (Fsp3) is 0.500. The van der Waals surface area contributed by atoms with Gasteiger partial charge in [0.25, 0.3) is 5.91 Å². The van der Waals surface area contributed by atoms with E-state index in [1.807, 2.05) is 12.1 Å². The highest BCUT2D eigenvalue weighted by Crippen LogP contribution is 2.21. The summed E-state index contributed by atoms with van der Waals surface area (Å²) in [6, 6.07) is 5.36. The van der Waals surface area contributed by atoms with Gasteiger partial charge in [-0.15, -0.1) is 0 Å². The van der Waals surface area contributed by atoms with Crippen LogP contribution in [0.5, 0.6) is 0 Å². The number of hydrogen-bond acceptors (Lipinski definition) is 4. The van der Waals surface area contributed by atoms with Crippen LogP contribution < -0.4 is 16.4 Å². The number of pyridine rings is 1. The van der Waals surface area contributed by atoms with Gasteiger partial charge in [-0.05, 0) is 37.4 Å². The Morgan fingerprint density at radius 2 is 2.35 bits per heavy atom. The van der Waals surface area contributed by atoms with Crippen molar-refractivity contribution in [2.45, 2.75) is 12.8 Å². The summed E-state index contributed by atoms with van der Waals surface area (Å²) >= 11 is 0. The average Bonchev–Trinajstić information content (AvgIpc) is 2.39. The molecule has 1 aliphatic rings. The Labute approximate surface area is 101 Å². The van der Waals surface area contributed by atoms with Crippen molar-refractivity contribution in [2.24, 2.45) is 17.4 Å². The van der Waals surface area contributed by atoms with Crippen molar-refractivity contribution in [1.29, 1.82) is 0 Å². The largest absolute Gasteiger partial charge is 0.364 e. The van der Waals surface area contributed by atoms with Gasteiger partial charge in [0.2, 0.25) is 0 Å². The maximum absolute atomic E-state index is 11.1. The Bertz CT molecular complexity index is 407. The number of rotatable bonds is 3. The van der Waals surface area contributed by atoms with Crippen LogP contribution in [0.1, 0.15) is 23.3 Å². The fourth-order valence-electron chi connectivity index (χ4n) is 2.20. The van der Waals surface area contributed by atoms with Gasteiger partial charge in [-0.1, -0.05) is 6.07 Å². The third kappa shape index (κ3) is 2.74. The SMILES string of the molecule is NCC1CCCN(c2cccc(C(N)=O)n2)C1. The van der Waals surface area contributed by atoms with E-state index >= 15 is 0 Å². The lowest BCUT2D eigenvalue weighted by Crippen LogP contribution is -2.39. The van der Waals surface area contributed by atoms with Gasteiger partial charge in [0.1, 0.15) is 11.5 Å². The van der Waals surface area contributed by atoms with E-state index in [1.165, 1.54) is 6.42 Å². The van der Waals surface area contributed by atoms with Gasteiger partial charge in [-0.25, -0.2) is 4.98 Å². The molecule has 1 saturated heterocycles. The molecule has 1 unspecified atom stereocenters. The topological polar surface area (TPSA) is 85.2 Å². The van der Waals surface area contributed by atoms with E-state index < -0.39 is 5.91 Å². The molecule has 1 fully saturated rings. The number of anilines is 1. The summed E-state index contributed by atoms with van der Waals surface area (Å²) in [5, 5.41) is 0. The molecule has 92 valence electrons. The molecule has 2 rings (SSSR count). The summed E-state index contributed by atoms with van der Waals surface area (Å²) in [7, 11) is 0. The molecule has 2 heterocycles. The first-order valence-electron chi connectivity index (χ1n) is 5.92. The van der Waals surface area contributed by atoms with E-state index in [4.69, 9.17) is 11.5 Å². The Morgan fingerprint density at radius 1 is 1.53 bits per heavy atom. The molecule has 0 saturated carbocycles. The second-order valence-electron chi connectivity index (χ2n) is 4.44. The third-order valence-electron chi connectivity index (χ3n) is 3.16. The first kappa shape index (κ1) is 11.9. The maximum atomic E-state index is 11.1. The molecule has 0 aromatic carbocycles. The van der Waals surface area contributed by atoms with Crippen molar-refractivity contribution >= 4 is 11.7 Å². The number of piperidine rings is 1. The molecule has 5 heteroatoms. The minimum Gasteiger partial charge on any atom is -0.364 e. The zero-order valence-electron chi connectivity index (χ0n) is 9.80. The molecule has 1 aromatic rings. The van der Waals surface area contributed by atoms with Crippen LogP contribution in [0.4, 0.5) is 5.82 Å². The van der Waals surface area contributed by atoms with Crippen molar-refractivity contribution < 1.29 is 4.79 Å². The molecule has 0 spiro atoms. The lowest BCUT2D eigenvalue weighted by Gasteiger charge is -2.33. The van der Waals surface area contributed by atoms with Gasteiger partial charge in [0.15, 0.2) is 0 Å². The van der Waals surface area contributed by atoms with Crippen LogP contribution in [-0.4, -0.2) is 30.5 Å². The second kappa shape index (κ2) is 5.14. The van der Waals surface area contributed by atoms with Crippen LogP contribution in [0.3, 0.4) is 0 Å². The monoisotopic (exact) mass is 234 g/mol. The molecule has 0 bridgehead atoms. The number of nitrogens with zero attached hydrogens (tertiary/aromatic N) is 2. The minimum absolute atomic E-state index is 0.317. The molecule has 5 nitrogen and oxygen atoms in total. The first-order valence-corrected chi connectivity index (χ1v) is 5.92. The predicted molar refractivity (Wildman–Crippen MR) is 66.7 cm³/mol. The lowest BCUT2D eigenvalue weighted by atomic mass is 9.98. The summed E-state index contributed by atoms with van der Waals surface area (Å²) < 4.78 is 0. The molecule has 1 atom stereocenters. The second-order valence-corrected chi connectivity index (χ2v) is 4.44. The van der Waals surface area contributed by atoms with Crippen LogP contribution in [0.25, 0.3) is 0 Å². The lowest BCUT2D eigenvalue weighted by molar-refractivity contribution is 0.0995. The van der Waals surface area contributed by atoms with E-state index in [9.17, 15) is 4.79 Å². The molecule has 1 aliphatic heterocycles. The highest BCUT2D eigenvalue weighted by molar-refractivity contribution is 5.91. The fourth-order valence-corrected chi connectivity index (χ4v) is 2.20. The zero-order valence-corrected chi connectivity index (χ0v) is 9.80. The van der Waals surface area contributed by atoms with Crippen molar-refractivity contribution in [3.8, 4) is 0 Å². The number of primary amides is 1. The quantitative estimate of drug-likeness (QED) is 0.790. The van der Waals surface area contributed by atoms with Gasteiger partial charge in [-0.2, -0.15) is 0 Å². The van der Waals surface area contributed by atoms with E-state index in [-0.39, 0.29) is 0 Å². The number of aromatic nitrogens is 1. The molecule has 17 heavy (non-hydrogen) atoms. The summed E-state index contributed by atoms with van der Waals surface area (Å²) in [6.45, 7) is 2.57. The number of nitrogens with two attached hydrogens (primary N) is 2. The number of hydrogen-bond donors (Lipinski definition) is 2. The summed E-state index contributed by atoms with van der Waals surface area (Å²) in [5.41, 5.74) is 11.2. The highest BCUT2D eigenvalue weighted by Gasteiger charge is 2.20. The van der Waals surface area contributed by atoms with Crippen molar-refractivity contribution in [3.05, 3.63) is 23.9 Å². The number of carbonyl (C=O) groups is 1. The number of amides is 1. The molecule has 4 N–H and O–H groups in total. The van der Waals surface area contributed by atoms with Crippen molar-refractivity contribution in [3.63, 3.8) is 0 Å². The molecule has 1 aromatic heterocycles. The van der Waals surface area contributed by atoms with Crippen LogP contribution in [0.15, 0.2) is 18.2 Å². The molecule has 0 radical (unpaired) electrons. The van der Waals surface area contributed by atoms with Crippen LogP contribution >= 0.6 is 0 Å². The highest BCUT2D eigenvalue weighted by atomic mass is 16.1. The molecular weight excluding hydrogens is 216 g/mol. The molecular formula is C12H18N4O. The van der Waals surface area contributed by atoms with E-state index in [0.717, 1.165) is 25.3 Å². The smallest absolute Gasteiger partial charge is 0.267 e. The maximum Gasteiger partial charge on any atom is 0.267 e. The summed E-state index contributed by atoms with van der Waals surface area (Å²) in [6.07, 6.45) is 2.28. The summed E-state index contributed by atoms with van der Waals surface area (Å²) in [4.78, 5) is 17.5.